The molecule has 0 aromatic heterocycles. The fourth-order valence-electron chi connectivity index (χ4n) is 3.71. The number of benzene rings is 3. The molecule has 0 aliphatic carbocycles. The van der Waals surface area contributed by atoms with E-state index in [0.29, 0.717) is 45.0 Å². The number of fused-ring (bicyclic) bond motifs is 1. The third kappa shape index (κ3) is 4.45. The molecule has 0 fully saturated rings. The average Bonchev–Trinajstić information content (AvgIpc) is 2.78. The minimum atomic E-state index is -0.546. The summed E-state index contributed by atoms with van der Waals surface area (Å²) >= 11 is 3.54. The zero-order chi connectivity index (χ0) is 23.5. The van der Waals surface area contributed by atoms with Crippen LogP contribution in [0.1, 0.15) is 29.5 Å². The van der Waals surface area contributed by atoms with Gasteiger partial charge in [-0.2, -0.15) is 5.26 Å². The lowest BCUT2D eigenvalue weighted by molar-refractivity contribution is 0.264. The van der Waals surface area contributed by atoms with Gasteiger partial charge < -0.3 is 25.1 Å². The molecular weight excluding hydrogens is 491 g/mol. The van der Waals surface area contributed by atoms with E-state index in [9.17, 15) is 14.8 Å². The molecule has 0 bridgehead atoms. The molecule has 0 spiro atoms. The second-order valence-electron chi connectivity index (χ2n) is 7.29. The summed E-state index contributed by atoms with van der Waals surface area (Å²) in [7, 11) is 0. The van der Waals surface area contributed by atoms with E-state index in [1.807, 2.05) is 6.92 Å². The van der Waals surface area contributed by atoms with Gasteiger partial charge in [0.2, 0.25) is 5.88 Å². The molecule has 33 heavy (non-hydrogen) atoms. The van der Waals surface area contributed by atoms with Crippen LogP contribution in [-0.2, 0) is 6.61 Å². The molecule has 3 aromatic rings. The molecule has 0 saturated carbocycles. The Hall–Kier alpha value is -3.70. The predicted octanol–water partition coefficient (Wildman–Crippen LogP) is 5.49. The van der Waals surface area contributed by atoms with Crippen LogP contribution in [0.25, 0.3) is 0 Å². The summed E-state index contributed by atoms with van der Waals surface area (Å²) in [5.41, 5.74) is 8.06. The van der Waals surface area contributed by atoms with Crippen molar-refractivity contribution < 1.29 is 23.7 Å². The van der Waals surface area contributed by atoms with Crippen molar-refractivity contribution >= 4 is 15.9 Å². The lowest BCUT2D eigenvalue weighted by atomic mass is 9.83. The van der Waals surface area contributed by atoms with E-state index in [1.165, 1.54) is 18.2 Å². The first kappa shape index (κ1) is 22.5. The number of nitriles is 1. The molecule has 4 rings (SSSR count). The number of ether oxygens (including phenoxy) is 3. The third-order valence-electron chi connectivity index (χ3n) is 5.20. The van der Waals surface area contributed by atoms with Crippen LogP contribution in [0.15, 0.2) is 70.5 Å². The van der Waals surface area contributed by atoms with Crippen molar-refractivity contribution in [2.75, 3.05) is 6.61 Å². The largest absolute Gasteiger partial charge is 0.508 e. The van der Waals surface area contributed by atoms with Crippen molar-refractivity contribution in [3.05, 3.63) is 93.0 Å². The van der Waals surface area contributed by atoms with Crippen LogP contribution in [0.3, 0.4) is 0 Å². The maximum absolute atomic E-state index is 14.0. The second kappa shape index (κ2) is 9.43. The fourth-order valence-corrected chi connectivity index (χ4v) is 4.28. The topological polar surface area (TPSA) is 97.7 Å². The number of nitrogens with zero attached hydrogens (tertiary/aromatic N) is 1. The number of phenols is 1. The van der Waals surface area contributed by atoms with Crippen LogP contribution < -0.4 is 19.9 Å². The normalized spacial score (nSPS) is 14.8. The van der Waals surface area contributed by atoms with Crippen LogP contribution in [-0.4, -0.2) is 11.7 Å². The van der Waals surface area contributed by atoms with Crippen molar-refractivity contribution in [1.29, 1.82) is 5.26 Å². The van der Waals surface area contributed by atoms with Gasteiger partial charge in [0.1, 0.15) is 35.6 Å². The molecule has 1 aliphatic heterocycles. The van der Waals surface area contributed by atoms with Crippen LogP contribution in [0.4, 0.5) is 4.39 Å². The van der Waals surface area contributed by atoms with E-state index in [0.717, 1.165) is 0 Å². The van der Waals surface area contributed by atoms with Crippen LogP contribution in [0.2, 0.25) is 0 Å². The average molecular weight is 511 g/mol. The van der Waals surface area contributed by atoms with Crippen LogP contribution >= 0.6 is 15.9 Å². The summed E-state index contributed by atoms with van der Waals surface area (Å²) in [6.07, 6.45) is 0. The molecule has 3 aromatic carbocycles. The Balaban J connectivity index is 1.77. The minimum Gasteiger partial charge on any atom is -0.508 e. The van der Waals surface area contributed by atoms with Crippen molar-refractivity contribution in [1.82, 2.24) is 0 Å². The number of nitrogens with two attached hydrogens (primary N) is 1. The second-order valence-corrected chi connectivity index (χ2v) is 8.14. The third-order valence-corrected chi connectivity index (χ3v) is 5.79. The highest BCUT2D eigenvalue weighted by atomic mass is 79.9. The Morgan fingerprint density at radius 2 is 1.97 bits per heavy atom. The smallest absolute Gasteiger partial charge is 0.205 e. The molecule has 3 N–H and O–H groups in total. The molecule has 168 valence electrons. The van der Waals surface area contributed by atoms with Gasteiger partial charge in [0, 0.05) is 17.2 Å². The predicted molar refractivity (Wildman–Crippen MR) is 123 cm³/mol. The molecule has 1 aliphatic rings. The van der Waals surface area contributed by atoms with Crippen LogP contribution in [0, 0.1) is 17.1 Å². The van der Waals surface area contributed by atoms with Gasteiger partial charge in [-0.25, -0.2) is 4.39 Å². The van der Waals surface area contributed by atoms with Crippen molar-refractivity contribution in [3.63, 3.8) is 0 Å². The van der Waals surface area contributed by atoms with E-state index < -0.39 is 5.92 Å². The molecule has 0 radical (unpaired) electrons. The zero-order valence-corrected chi connectivity index (χ0v) is 19.2. The van der Waals surface area contributed by atoms with Gasteiger partial charge in [0.25, 0.3) is 0 Å². The summed E-state index contributed by atoms with van der Waals surface area (Å²) in [4.78, 5) is 0. The van der Waals surface area contributed by atoms with Crippen molar-refractivity contribution in [3.8, 4) is 29.1 Å². The maximum atomic E-state index is 14.0. The highest BCUT2D eigenvalue weighted by Gasteiger charge is 2.32. The van der Waals surface area contributed by atoms with Crippen molar-refractivity contribution in [2.45, 2.75) is 19.4 Å². The summed E-state index contributed by atoms with van der Waals surface area (Å²) in [6, 6.07) is 16.8. The molecule has 1 atom stereocenters. The first-order valence-corrected chi connectivity index (χ1v) is 10.9. The Morgan fingerprint density at radius 1 is 1.18 bits per heavy atom. The Labute approximate surface area is 198 Å². The molecule has 1 heterocycles. The number of aromatic hydroxyl groups is 1. The Bertz CT molecular complexity index is 1290. The van der Waals surface area contributed by atoms with Gasteiger partial charge in [-0.1, -0.05) is 24.3 Å². The van der Waals surface area contributed by atoms with E-state index >= 15 is 0 Å². The zero-order valence-electron chi connectivity index (χ0n) is 17.6. The van der Waals surface area contributed by atoms with Crippen molar-refractivity contribution in [2.24, 2.45) is 5.73 Å². The fraction of sp³-hybridized carbons (Fsp3) is 0.160. The van der Waals surface area contributed by atoms with Gasteiger partial charge in [-0.15, -0.1) is 0 Å². The molecule has 6 nitrogen and oxygen atoms in total. The van der Waals surface area contributed by atoms with E-state index in [2.05, 4.69) is 22.0 Å². The number of hydrogen-bond acceptors (Lipinski definition) is 6. The standard InChI is InChI=1S/C25H20BrFN2O4/c1-2-31-22-10-15(9-19(26)24(22)32-13-14-5-3-4-6-20(14)27)23-17-8-7-16(30)11-21(17)33-25(29)18(23)12-28/h3-11,23,30H,2,13,29H2,1H3/t23-/m1/s1. The van der Waals surface area contributed by atoms with Gasteiger partial charge in [-0.05, 0) is 52.7 Å². The first-order chi connectivity index (χ1) is 15.9. The molecule has 8 heteroatoms. The number of phenolic OH excluding ortho intramolecular Hbond substituents is 1. The molecule has 0 saturated heterocycles. The summed E-state index contributed by atoms with van der Waals surface area (Å²) < 4.78 is 31.9. The molecular formula is C25H20BrFN2O4. The van der Waals surface area contributed by atoms with Gasteiger partial charge in [0.05, 0.1) is 17.0 Å². The Morgan fingerprint density at radius 3 is 2.70 bits per heavy atom. The van der Waals surface area contributed by atoms with E-state index in [-0.39, 0.29) is 29.6 Å². The molecule has 0 amide bonds. The SMILES string of the molecule is CCOc1cc([C@H]2C(C#N)=C(N)Oc3cc(O)ccc32)cc(Br)c1OCc1ccccc1F. The van der Waals surface area contributed by atoms with E-state index in [4.69, 9.17) is 19.9 Å². The lowest BCUT2D eigenvalue weighted by Gasteiger charge is -2.27. The lowest BCUT2D eigenvalue weighted by Crippen LogP contribution is -2.21. The van der Waals surface area contributed by atoms with Crippen LogP contribution in [0.5, 0.6) is 23.0 Å². The Kier molecular flexibility index (Phi) is 6.43. The summed E-state index contributed by atoms with van der Waals surface area (Å²) in [5.74, 6) is 0.298. The minimum absolute atomic E-state index is 0.0143. The van der Waals surface area contributed by atoms with Gasteiger partial charge in [0.15, 0.2) is 11.5 Å². The summed E-state index contributed by atoms with van der Waals surface area (Å²) in [6.45, 7) is 2.22. The van der Waals surface area contributed by atoms with E-state index in [1.54, 1.807) is 36.4 Å². The number of allylic oxidation sites excluding steroid dienone is 1. The number of rotatable bonds is 6. The maximum Gasteiger partial charge on any atom is 0.205 e. The summed E-state index contributed by atoms with van der Waals surface area (Å²) in [5, 5.41) is 19.6. The monoisotopic (exact) mass is 510 g/mol. The number of halogens is 2. The van der Waals surface area contributed by atoms with Gasteiger partial charge >= 0.3 is 0 Å². The highest BCUT2D eigenvalue weighted by Crippen LogP contribution is 2.47. The molecule has 0 unspecified atom stereocenters. The highest BCUT2D eigenvalue weighted by molar-refractivity contribution is 9.10. The van der Waals surface area contributed by atoms with Gasteiger partial charge in [-0.3, -0.25) is 0 Å². The number of hydrogen-bond donors (Lipinski definition) is 2. The quantitative estimate of drug-likeness (QED) is 0.454. The first-order valence-electron chi connectivity index (χ1n) is 10.2.